The third-order valence-corrected chi connectivity index (χ3v) is 4.98. The number of fused-ring (bicyclic) bond motifs is 1. The molecule has 0 aliphatic carbocycles. The van der Waals surface area contributed by atoms with E-state index in [1.807, 2.05) is 34.6 Å². The Morgan fingerprint density at radius 2 is 2.04 bits per heavy atom. The molecule has 3 rings (SSSR count). The van der Waals surface area contributed by atoms with E-state index in [2.05, 4.69) is 10.3 Å². The lowest BCUT2D eigenvalue weighted by molar-refractivity contribution is -0.154. The third kappa shape index (κ3) is 3.46. The molecule has 2 atom stereocenters. The maximum atomic E-state index is 12.5. The second-order valence-electron chi connectivity index (χ2n) is 8.93. The van der Waals surface area contributed by atoms with E-state index in [4.69, 9.17) is 0 Å². The number of aliphatic carboxylic acids is 1. The molecule has 27 heavy (non-hydrogen) atoms. The average molecular weight is 371 g/mol. The van der Waals surface area contributed by atoms with Crippen molar-refractivity contribution in [1.29, 1.82) is 0 Å². The summed E-state index contributed by atoms with van der Waals surface area (Å²) in [5, 5.41) is 12.4. The third-order valence-electron chi connectivity index (χ3n) is 4.98. The zero-order chi connectivity index (χ0) is 20.1. The van der Waals surface area contributed by atoms with E-state index in [0.717, 1.165) is 0 Å². The Labute approximate surface area is 158 Å². The van der Waals surface area contributed by atoms with Crippen LogP contribution in [0.1, 0.15) is 57.1 Å². The summed E-state index contributed by atoms with van der Waals surface area (Å²) in [5.41, 5.74) is 0.670. The van der Waals surface area contributed by atoms with Gasteiger partial charge in [-0.25, -0.2) is 4.79 Å². The Morgan fingerprint density at radius 1 is 1.37 bits per heavy atom. The topological polar surface area (TPSA) is 99.6 Å². The molecule has 3 heterocycles. The number of aromatic nitrogens is 1. The molecule has 7 nitrogen and oxygen atoms in total. The SMILES string of the molecule is CC(C)(C)NC(=O)c1ccnc(/C=C2/C(=O)N3C2CC(C)(C)[C@@H]3C(=O)O)c1. The van der Waals surface area contributed by atoms with E-state index in [-0.39, 0.29) is 23.4 Å². The highest BCUT2D eigenvalue weighted by atomic mass is 16.4. The maximum Gasteiger partial charge on any atom is 0.327 e. The predicted octanol–water partition coefficient (Wildman–Crippen LogP) is 2.09. The van der Waals surface area contributed by atoms with Crippen molar-refractivity contribution >= 4 is 23.9 Å². The van der Waals surface area contributed by atoms with Gasteiger partial charge in [-0.15, -0.1) is 0 Å². The van der Waals surface area contributed by atoms with Crippen molar-refractivity contribution in [3.05, 3.63) is 35.2 Å². The maximum absolute atomic E-state index is 12.5. The molecule has 7 heteroatoms. The summed E-state index contributed by atoms with van der Waals surface area (Å²) in [6.07, 6.45) is 3.78. The Balaban J connectivity index is 1.85. The molecule has 1 unspecified atom stereocenters. The van der Waals surface area contributed by atoms with E-state index < -0.39 is 17.4 Å². The highest BCUT2D eigenvalue weighted by molar-refractivity contribution is 6.08. The van der Waals surface area contributed by atoms with Crippen LogP contribution >= 0.6 is 0 Å². The van der Waals surface area contributed by atoms with Crippen LogP contribution in [0, 0.1) is 5.41 Å². The van der Waals surface area contributed by atoms with Crippen LogP contribution in [0.3, 0.4) is 0 Å². The van der Waals surface area contributed by atoms with E-state index in [1.54, 1.807) is 18.2 Å². The molecule has 1 aromatic rings. The molecule has 2 N–H and O–H groups in total. The summed E-state index contributed by atoms with van der Waals surface area (Å²) in [5.74, 6) is -1.46. The van der Waals surface area contributed by atoms with Gasteiger partial charge in [0.15, 0.2) is 0 Å². The largest absolute Gasteiger partial charge is 0.480 e. The zero-order valence-corrected chi connectivity index (χ0v) is 16.2. The number of carboxylic acids is 1. The summed E-state index contributed by atoms with van der Waals surface area (Å²) in [6, 6.07) is 2.22. The number of nitrogens with zero attached hydrogens (tertiary/aromatic N) is 2. The van der Waals surface area contributed by atoms with Crippen LogP contribution in [-0.4, -0.2) is 50.4 Å². The molecule has 144 valence electrons. The smallest absolute Gasteiger partial charge is 0.327 e. The number of carbonyl (C=O) groups is 3. The van der Waals surface area contributed by atoms with Gasteiger partial charge in [-0.2, -0.15) is 0 Å². The highest BCUT2D eigenvalue weighted by Crippen LogP contribution is 2.49. The van der Waals surface area contributed by atoms with Gasteiger partial charge in [-0.05, 0) is 50.8 Å². The molecule has 0 radical (unpaired) electrons. The minimum Gasteiger partial charge on any atom is -0.480 e. The van der Waals surface area contributed by atoms with Gasteiger partial charge in [-0.3, -0.25) is 14.6 Å². The molecule has 0 spiro atoms. The number of hydrogen-bond acceptors (Lipinski definition) is 4. The first-order chi connectivity index (χ1) is 12.4. The first-order valence-electron chi connectivity index (χ1n) is 8.96. The quantitative estimate of drug-likeness (QED) is 0.626. The normalized spacial score (nSPS) is 25.1. The van der Waals surface area contributed by atoms with Gasteiger partial charge in [0.1, 0.15) is 6.04 Å². The van der Waals surface area contributed by atoms with Gasteiger partial charge in [0, 0.05) is 22.9 Å². The fraction of sp³-hybridized carbons (Fsp3) is 0.500. The summed E-state index contributed by atoms with van der Waals surface area (Å²) >= 11 is 0. The minimum absolute atomic E-state index is 0.209. The molecule has 2 amide bonds. The summed E-state index contributed by atoms with van der Waals surface area (Å²) in [6.45, 7) is 9.43. The number of pyridine rings is 1. The van der Waals surface area contributed by atoms with Gasteiger partial charge in [0.05, 0.1) is 11.7 Å². The molecule has 2 fully saturated rings. The van der Waals surface area contributed by atoms with E-state index in [0.29, 0.717) is 23.3 Å². The van der Waals surface area contributed by atoms with Crippen molar-refractivity contribution in [3.63, 3.8) is 0 Å². The molecular weight excluding hydrogens is 346 g/mol. The van der Waals surface area contributed by atoms with Crippen molar-refractivity contribution in [1.82, 2.24) is 15.2 Å². The van der Waals surface area contributed by atoms with Crippen LogP contribution in [0.15, 0.2) is 23.9 Å². The average Bonchev–Trinajstić information content (AvgIpc) is 2.79. The Kier molecular flexibility index (Phi) is 4.37. The van der Waals surface area contributed by atoms with E-state index in [9.17, 15) is 19.5 Å². The van der Waals surface area contributed by atoms with Crippen LogP contribution in [0.4, 0.5) is 0 Å². The van der Waals surface area contributed by atoms with Crippen molar-refractivity contribution in [3.8, 4) is 0 Å². The summed E-state index contributed by atoms with van der Waals surface area (Å²) < 4.78 is 0. The van der Waals surface area contributed by atoms with Gasteiger partial charge in [0.25, 0.3) is 11.8 Å². The molecule has 2 aliphatic rings. The van der Waals surface area contributed by atoms with Gasteiger partial charge < -0.3 is 15.3 Å². The monoisotopic (exact) mass is 371 g/mol. The summed E-state index contributed by atoms with van der Waals surface area (Å²) in [4.78, 5) is 42.1. The Hall–Kier alpha value is -2.70. The predicted molar refractivity (Wildman–Crippen MR) is 99.9 cm³/mol. The number of nitrogens with one attached hydrogen (secondary N) is 1. The highest BCUT2D eigenvalue weighted by Gasteiger charge is 2.60. The first kappa shape index (κ1) is 19.1. The molecule has 2 saturated heterocycles. The molecule has 0 saturated carbocycles. The summed E-state index contributed by atoms with van der Waals surface area (Å²) in [7, 11) is 0. The number of amides is 2. The van der Waals surface area contributed by atoms with Crippen LogP contribution in [-0.2, 0) is 9.59 Å². The molecule has 0 aromatic carbocycles. The van der Waals surface area contributed by atoms with Crippen molar-refractivity contribution in [2.75, 3.05) is 0 Å². The van der Waals surface area contributed by atoms with Crippen LogP contribution in [0.25, 0.3) is 6.08 Å². The number of rotatable bonds is 3. The van der Waals surface area contributed by atoms with E-state index in [1.165, 1.54) is 11.1 Å². The zero-order valence-electron chi connectivity index (χ0n) is 16.2. The molecule has 0 bridgehead atoms. The first-order valence-corrected chi connectivity index (χ1v) is 8.96. The second-order valence-corrected chi connectivity index (χ2v) is 8.93. The fourth-order valence-corrected chi connectivity index (χ4v) is 3.86. The lowest BCUT2D eigenvalue weighted by Crippen LogP contribution is -2.57. The number of carboxylic acid groups (broad SMARTS) is 1. The molecule has 2 aliphatic heterocycles. The van der Waals surface area contributed by atoms with Crippen LogP contribution in [0.5, 0.6) is 0 Å². The fourth-order valence-electron chi connectivity index (χ4n) is 3.86. The van der Waals surface area contributed by atoms with Gasteiger partial charge >= 0.3 is 5.97 Å². The van der Waals surface area contributed by atoms with Crippen molar-refractivity contribution in [2.45, 2.75) is 58.7 Å². The second kappa shape index (κ2) is 6.18. The van der Waals surface area contributed by atoms with Crippen molar-refractivity contribution < 1.29 is 19.5 Å². The van der Waals surface area contributed by atoms with Gasteiger partial charge in [0.2, 0.25) is 0 Å². The van der Waals surface area contributed by atoms with Crippen LogP contribution < -0.4 is 5.32 Å². The molecular formula is C20H25N3O4. The number of carbonyl (C=O) groups excluding carboxylic acids is 2. The Bertz CT molecular complexity index is 851. The molecule has 1 aromatic heterocycles. The van der Waals surface area contributed by atoms with Crippen molar-refractivity contribution in [2.24, 2.45) is 5.41 Å². The lowest BCUT2D eigenvalue weighted by atomic mass is 9.83. The minimum atomic E-state index is -0.978. The van der Waals surface area contributed by atoms with Crippen LogP contribution in [0.2, 0.25) is 0 Å². The number of β-lactam (4-membered cyclic amide) rings is 1. The number of hydrogen-bond donors (Lipinski definition) is 2. The van der Waals surface area contributed by atoms with E-state index >= 15 is 0 Å². The lowest BCUT2D eigenvalue weighted by Gasteiger charge is -2.40. The Morgan fingerprint density at radius 3 is 2.63 bits per heavy atom. The van der Waals surface area contributed by atoms with Gasteiger partial charge in [-0.1, -0.05) is 13.8 Å². The standard InChI is InChI=1S/C20H25N3O4/c1-19(2,3)22-16(24)11-6-7-21-12(8-11)9-13-14-10-20(4,5)15(18(26)27)23(14)17(13)25/h6-9,14-15H,10H2,1-5H3,(H,22,24)(H,26,27)/b13-9+/t14?,15-/m0/s1.